The number of carbonyl (C=O) groups is 1. The van der Waals surface area contributed by atoms with Gasteiger partial charge in [0.2, 0.25) is 10.0 Å². The Kier molecular flexibility index (Phi) is 5.96. The number of nitrogens with one attached hydrogen (secondary N) is 1. The quantitative estimate of drug-likeness (QED) is 0.754. The van der Waals surface area contributed by atoms with Crippen LogP contribution in [0.15, 0.2) is 15.7 Å². The van der Waals surface area contributed by atoms with Crippen molar-refractivity contribution in [1.29, 1.82) is 0 Å². The molecule has 1 rings (SSSR count). The van der Waals surface area contributed by atoms with Crippen LogP contribution in [0.4, 0.5) is 0 Å². The Hall–Kier alpha value is -0.920. The number of amides is 1. The van der Waals surface area contributed by atoms with E-state index < -0.39 is 10.0 Å². The Morgan fingerprint density at radius 2 is 2.11 bits per heavy atom. The summed E-state index contributed by atoms with van der Waals surface area (Å²) in [6.07, 6.45) is 3.14. The normalized spacial score (nSPS) is 11.8. The van der Waals surface area contributed by atoms with Gasteiger partial charge < -0.3 is 5.32 Å². The van der Waals surface area contributed by atoms with Gasteiger partial charge in [-0.25, -0.2) is 13.6 Å². The van der Waals surface area contributed by atoms with Crippen molar-refractivity contribution < 1.29 is 13.2 Å². The van der Waals surface area contributed by atoms with Gasteiger partial charge in [0, 0.05) is 11.9 Å². The summed E-state index contributed by atoms with van der Waals surface area (Å²) in [7, 11) is -3.72. The molecule has 0 spiro atoms. The minimum atomic E-state index is -3.72. The van der Waals surface area contributed by atoms with Crippen LogP contribution in [0.2, 0.25) is 0 Å². The van der Waals surface area contributed by atoms with E-state index in [1.807, 2.05) is 0 Å². The average molecular weight is 304 g/mol. The fourth-order valence-electron chi connectivity index (χ4n) is 1.57. The number of carbonyl (C=O) groups excluding carboxylic acids is 1. The zero-order valence-corrected chi connectivity index (χ0v) is 12.8. The molecule has 3 N–H and O–H groups in total. The molecule has 0 aromatic carbocycles. The number of unbranched alkanes of at least 4 members (excludes halogenated alkanes) is 1. The molecule has 0 atom stereocenters. The van der Waals surface area contributed by atoms with Crippen molar-refractivity contribution in [2.45, 2.75) is 37.3 Å². The van der Waals surface area contributed by atoms with Crippen molar-refractivity contribution in [2.24, 2.45) is 11.1 Å². The molecular formula is C12H20N2O3S2. The fourth-order valence-corrected chi connectivity index (χ4v) is 3.15. The topological polar surface area (TPSA) is 89.3 Å². The highest BCUT2D eigenvalue weighted by Crippen LogP contribution is 2.18. The van der Waals surface area contributed by atoms with Gasteiger partial charge in [-0.15, -0.1) is 11.3 Å². The molecule has 0 aliphatic heterocycles. The molecule has 0 saturated carbocycles. The lowest BCUT2D eigenvalue weighted by atomic mass is 10.1. The van der Waals surface area contributed by atoms with Crippen molar-refractivity contribution in [1.82, 2.24) is 5.32 Å². The summed E-state index contributed by atoms with van der Waals surface area (Å²) in [6.45, 7) is 4.93. The number of rotatable bonds is 7. The van der Waals surface area contributed by atoms with Crippen molar-refractivity contribution in [3.63, 3.8) is 0 Å². The molecule has 0 bridgehead atoms. The number of hydrogen-bond donors (Lipinski definition) is 2. The van der Waals surface area contributed by atoms with E-state index in [1.54, 1.807) is 0 Å². The molecule has 5 nitrogen and oxygen atoms in total. The first kappa shape index (κ1) is 16.1. The smallest absolute Gasteiger partial charge is 0.252 e. The second-order valence-corrected chi connectivity index (χ2v) is 7.54. The van der Waals surface area contributed by atoms with Gasteiger partial charge in [0.25, 0.3) is 5.91 Å². The maximum Gasteiger partial charge on any atom is 0.252 e. The van der Waals surface area contributed by atoms with Crippen LogP contribution in [0.1, 0.15) is 43.5 Å². The molecular weight excluding hydrogens is 284 g/mol. The molecule has 0 aliphatic rings. The largest absolute Gasteiger partial charge is 0.352 e. The Labute approximate surface area is 118 Å². The van der Waals surface area contributed by atoms with Crippen LogP contribution < -0.4 is 10.5 Å². The predicted molar refractivity (Wildman–Crippen MR) is 76.7 cm³/mol. The molecule has 0 saturated heterocycles. The lowest BCUT2D eigenvalue weighted by Gasteiger charge is -2.05. The summed E-state index contributed by atoms with van der Waals surface area (Å²) in [5, 5.41) is 9.26. The van der Waals surface area contributed by atoms with Crippen molar-refractivity contribution in [2.75, 3.05) is 6.54 Å². The summed E-state index contributed by atoms with van der Waals surface area (Å²) in [6, 6.07) is 1.31. The molecule has 1 heterocycles. The number of sulfonamides is 1. The fraction of sp³-hybridized carbons (Fsp3) is 0.583. The number of nitrogens with two attached hydrogens (primary N) is 1. The van der Waals surface area contributed by atoms with E-state index >= 15 is 0 Å². The van der Waals surface area contributed by atoms with Crippen molar-refractivity contribution in [3.05, 3.63) is 17.0 Å². The Morgan fingerprint density at radius 3 is 2.63 bits per heavy atom. The van der Waals surface area contributed by atoms with E-state index in [1.165, 1.54) is 11.4 Å². The molecule has 0 aliphatic carbocycles. The van der Waals surface area contributed by atoms with Crippen LogP contribution in [-0.2, 0) is 10.0 Å². The minimum absolute atomic E-state index is 0.0115. The van der Waals surface area contributed by atoms with Gasteiger partial charge in [-0.1, -0.05) is 26.7 Å². The summed E-state index contributed by atoms with van der Waals surface area (Å²) in [4.78, 5) is 11.7. The highest BCUT2D eigenvalue weighted by atomic mass is 32.2. The summed E-state index contributed by atoms with van der Waals surface area (Å²) in [5.41, 5.74) is 0.345. The number of hydrogen-bond acceptors (Lipinski definition) is 4. The SMILES string of the molecule is CC(C)CCCCNC(=O)c1csc(S(N)(=O)=O)c1. The van der Waals surface area contributed by atoms with E-state index in [0.717, 1.165) is 30.6 Å². The van der Waals surface area contributed by atoms with E-state index in [0.29, 0.717) is 18.0 Å². The monoisotopic (exact) mass is 304 g/mol. The maximum atomic E-state index is 11.7. The van der Waals surface area contributed by atoms with Crippen LogP contribution >= 0.6 is 11.3 Å². The lowest BCUT2D eigenvalue weighted by molar-refractivity contribution is 0.0953. The zero-order valence-electron chi connectivity index (χ0n) is 11.2. The Morgan fingerprint density at radius 1 is 1.42 bits per heavy atom. The van der Waals surface area contributed by atoms with E-state index in [4.69, 9.17) is 5.14 Å². The van der Waals surface area contributed by atoms with Crippen molar-refractivity contribution >= 4 is 27.3 Å². The first-order valence-corrected chi connectivity index (χ1v) is 8.63. The third kappa shape index (κ3) is 5.71. The molecule has 1 aromatic heterocycles. The van der Waals surface area contributed by atoms with Crippen LogP contribution in [0.25, 0.3) is 0 Å². The Bertz CT molecular complexity index is 521. The maximum absolute atomic E-state index is 11.7. The van der Waals surface area contributed by atoms with Crippen LogP contribution in [0.5, 0.6) is 0 Å². The van der Waals surface area contributed by atoms with Gasteiger partial charge in [0.15, 0.2) is 0 Å². The highest BCUT2D eigenvalue weighted by molar-refractivity contribution is 7.91. The third-order valence-electron chi connectivity index (χ3n) is 2.61. The van der Waals surface area contributed by atoms with Crippen LogP contribution in [0.3, 0.4) is 0 Å². The molecule has 19 heavy (non-hydrogen) atoms. The average Bonchev–Trinajstić information content (AvgIpc) is 2.76. The molecule has 1 amide bonds. The molecule has 0 unspecified atom stereocenters. The molecule has 0 radical (unpaired) electrons. The molecule has 7 heteroatoms. The molecule has 108 valence electrons. The summed E-state index contributed by atoms with van der Waals surface area (Å²) < 4.78 is 22.2. The molecule has 0 fully saturated rings. The van der Waals surface area contributed by atoms with Gasteiger partial charge in [-0.3, -0.25) is 4.79 Å². The summed E-state index contributed by atoms with van der Waals surface area (Å²) in [5.74, 6) is 0.417. The van der Waals surface area contributed by atoms with Crippen LogP contribution in [-0.4, -0.2) is 20.9 Å². The van der Waals surface area contributed by atoms with Gasteiger partial charge in [-0.2, -0.15) is 0 Å². The predicted octanol–water partition coefficient (Wildman–Crippen LogP) is 1.95. The van der Waals surface area contributed by atoms with Crippen molar-refractivity contribution in [3.8, 4) is 0 Å². The van der Waals surface area contributed by atoms with E-state index in [9.17, 15) is 13.2 Å². The Balaban J connectivity index is 2.40. The van der Waals surface area contributed by atoms with E-state index in [2.05, 4.69) is 19.2 Å². The second kappa shape index (κ2) is 7.02. The van der Waals surface area contributed by atoms with Gasteiger partial charge in [0.1, 0.15) is 4.21 Å². The van der Waals surface area contributed by atoms with Gasteiger partial charge in [-0.05, 0) is 18.4 Å². The van der Waals surface area contributed by atoms with Gasteiger partial charge >= 0.3 is 0 Å². The first-order valence-electron chi connectivity index (χ1n) is 6.20. The third-order valence-corrected chi connectivity index (χ3v) is 5.00. The number of thiophene rings is 1. The molecule has 1 aromatic rings. The van der Waals surface area contributed by atoms with Crippen LogP contribution in [0, 0.1) is 5.92 Å². The first-order chi connectivity index (χ1) is 8.80. The highest BCUT2D eigenvalue weighted by Gasteiger charge is 2.14. The lowest BCUT2D eigenvalue weighted by Crippen LogP contribution is -2.24. The standard InChI is InChI=1S/C12H20N2O3S2/c1-9(2)5-3-4-6-14-12(15)10-7-11(18-8-10)19(13,16)17/h7-9H,3-6H2,1-2H3,(H,14,15)(H2,13,16,17). The van der Waals surface area contributed by atoms with Gasteiger partial charge in [0.05, 0.1) is 5.56 Å². The second-order valence-electron chi connectivity index (χ2n) is 4.84. The van der Waals surface area contributed by atoms with E-state index in [-0.39, 0.29) is 10.1 Å². The zero-order chi connectivity index (χ0) is 14.5. The number of primary sulfonamides is 1. The summed E-state index contributed by atoms with van der Waals surface area (Å²) >= 11 is 0.959. The minimum Gasteiger partial charge on any atom is -0.352 e.